The highest BCUT2D eigenvalue weighted by molar-refractivity contribution is 5.95. The monoisotopic (exact) mass is 357 g/mol. The number of carbonyl (C=O) groups is 1. The fourth-order valence-electron chi connectivity index (χ4n) is 2.81. The molecule has 0 heterocycles. The lowest BCUT2D eigenvalue weighted by Crippen LogP contribution is -2.29. The number of hydrogen-bond donors (Lipinski definition) is 1. The Morgan fingerprint density at radius 2 is 1.58 bits per heavy atom. The maximum atomic E-state index is 12.8. The van der Waals surface area contributed by atoms with Crippen LogP contribution in [0.5, 0.6) is 17.2 Å². The summed E-state index contributed by atoms with van der Waals surface area (Å²) in [6.45, 7) is 4.28. The van der Waals surface area contributed by atoms with Crippen molar-refractivity contribution in [3.05, 3.63) is 53.6 Å². The van der Waals surface area contributed by atoms with Crippen LogP contribution in [0.4, 0.5) is 0 Å². The predicted octanol–water partition coefficient (Wildman–Crippen LogP) is 4.23. The normalized spacial score (nSPS) is 11.8. The third-order valence-electron chi connectivity index (χ3n) is 4.18. The number of amides is 1. The van der Waals surface area contributed by atoms with Crippen molar-refractivity contribution in [2.45, 2.75) is 26.3 Å². The summed E-state index contributed by atoms with van der Waals surface area (Å²) in [7, 11) is 4.76. The highest BCUT2D eigenvalue weighted by atomic mass is 16.5. The maximum Gasteiger partial charge on any atom is 0.251 e. The first kappa shape index (κ1) is 19.6. The van der Waals surface area contributed by atoms with Crippen LogP contribution >= 0.6 is 0 Å². The van der Waals surface area contributed by atoms with Crippen LogP contribution in [0.2, 0.25) is 0 Å². The Morgan fingerprint density at radius 1 is 0.923 bits per heavy atom. The van der Waals surface area contributed by atoms with Crippen molar-refractivity contribution in [1.29, 1.82) is 0 Å². The van der Waals surface area contributed by atoms with Gasteiger partial charge in [0, 0.05) is 5.56 Å². The minimum absolute atomic E-state index is 0.0819. The van der Waals surface area contributed by atoms with Crippen LogP contribution in [0.25, 0.3) is 0 Å². The summed E-state index contributed by atoms with van der Waals surface area (Å²) >= 11 is 0. The van der Waals surface area contributed by atoms with Gasteiger partial charge >= 0.3 is 0 Å². The zero-order valence-corrected chi connectivity index (χ0v) is 16.0. The summed E-state index contributed by atoms with van der Waals surface area (Å²) in [6, 6.07) is 12.9. The van der Waals surface area contributed by atoms with Gasteiger partial charge in [-0.1, -0.05) is 26.0 Å². The lowest BCUT2D eigenvalue weighted by atomic mass is 9.96. The lowest BCUT2D eigenvalue weighted by Gasteiger charge is -2.22. The van der Waals surface area contributed by atoms with Gasteiger partial charge in [-0.25, -0.2) is 0 Å². The van der Waals surface area contributed by atoms with E-state index in [4.69, 9.17) is 14.2 Å². The van der Waals surface area contributed by atoms with Gasteiger partial charge in [-0.05, 0) is 48.2 Å². The molecule has 2 aromatic rings. The molecule has 140 valence electrons. The van der Waals surface area contributed by atoms with Crippen molar-refractivity contribution in [3.63, 3.8) is 0 Å². The van der Waals surface area contributed by atoms with E-state index >= 15 is 0 Å². The Morgan fingerprint density at radius 3 is 2.12 bits per heavy atom. The smallest absolute Gasteiger partial charge is 0.251 e. The van der Waals surface area contributed by atoms with E-state index in [-0.39, 0.29) is 11.9 Å². The van der Waals surface area contributed by atoms with Crippen LogP contribution in [0, 0.1) is 5.92 Å². The Hall–Kier alpha value is -2.69. The quantitative estimate of drug-likeness (QED) is 0.768. The minimum atomic E-state index is -0.146. The van der Waals surface area contributed by atoms with Crippen molar-refractivity contribution >= 4 is 5.91 Å². The first-order chi connectivity index (χ1) is 12.5. The Labute approximate surface area is 155 Å². The molecular weight excluding hydrogens is 330 g/mol. The zero-order chi connectivity index (χ0) is 19.1. The van der Waals surface area contributed by atoms with Gasteiger partial charge in [0.1, 0.15) is 5.75 Å². The largest absolute Gasteiger partial charge is 0.497 e. The number of ether oxygens (including phenoxy) is 3. The molecule has 2 aromatic carbocycles. The summed E-state index contributed by atoms with van der Waals surface area (Å²) < 4.78 is 15.7. The summed E-state index contributed by atoms with van der Waals surface area (Å²) in [6.07, 6.45) is 0.839. The molecule has 0 saturated carbocycles. The number of methoxy groups -OCH3 is 3. The molecule has 0 aliphatic carbocycles. The van der Waals surface area contributed by atoms with Crippen LogP contribution in [0.1, 0.15) is 42.2 Å². The minimum Gasteiger partial charge on any atom is -0.497 e. The average Bonchev–Trinajstić information content (AvgIpc) is 2.66. The molecule has 0 unspecified atom stereocenters. The van der Waals surface area contributed by atoms with Gasteiger partial charge in [0.2, 0.25) is 0 Å². The lowest BCUT2D eigenvalue weighted by molar-refractivity contribution is 0.0931. The molecule has 0 bridgehead atoms. The number of hydrogen-bond acceptors (Lipinski definition) is 4. The molecule has 0 aliphatic heterocycles. The zero-order valence-electron chi connectivity index (χ0n) is 16.0. The van der Waals surface area contributed by atoms with Crippen molar-refractivity contribution in [2.75, 3.05) is 21.3 Å². The fourth-order valence-corrected chi connectivity index (χ4v) is 2.81. The van der Waals surface area contributed by atoms with Crippen LogP contribution in [0.3, 0.4) is 0 Å². The first-order valence-electron chi connectivity index (χ1n) is 8.65. The Bertz CT molecular complexity index is 725. The molecule has 5 nitrogen and oxygen atoms in total. The van der Waals surface area contributed by atoms with E-state index in [0.29, 0.717) is 23.0 Å². The molecule has 1 amide bonds. The number of carbonyl (C=O) groups excluding carboxylic acids is 1. The van der Waals surface area contributed by atoms with E-state index in [9.17, 15) is 4.79 Å². The Kier molecular flexibility index (Phi) is 6.89. The molecule has 0 saturated heterocycles. The van der Waals surface area contributed by atoms with Gasteiger partial charge in [-0.15, -0.1) is 0 Å². The molecule has 2 rings (SSSR count). The van der Waals surface area contributed by atoms with E-state index in [2.05, 4.69) is 19.2 Å². The highest BCUT2D eigenvalue weighted by Crippen LogP contribution is 2.28. The second-order valence-corrected chi connectivity index (χ2v) is 6.50. The molecule has 5 heteroatoms. The van der Waals surface area contributed by atoms with Crippen LogP contribution in [-0.2, 0) is 0 Å². The van der Waals surface area contributed by atoms with Crippen LogP contribution < -0.4 is 19.5 Å². The molecule has 1 N–H and O–H groups in total. The highest BCUT2D eigenvalue weighted by Gasteiger charge is 2.18. The van der Waals surface area contributed by atoms with Gasteiger partial charge in [-0.3, -0.25) is 4.79 Å². The maximum absolute atomic E-state index is 12.8. The summed E-state index contributed by atoms with van der Waals surface area (Å²) in [4.78, 5) is 12.8. The van der Waals surface area contributed by atoms with E-state index in [0.717, 1.165) is 17.7 Å². The number of nitrogens with one attached hydrogen (secondary N) is 1. The molecule has 1 atom stereocenters. The van der Waals surface area contributed by atoms with Crippen LogP contribution in [0.15, 0.2) is 42.5 Å². The third-order valence-corrected chi connectivity index (χ3v) is 4.18. The molecule has 0 aromatic heterocycles. The van der Waals surface area contributed by atoms with Crippen molar-refractivity contribution in [3.8, 4) is 17.2 Å². The second-order valence-electron chi connectivity index (χ2n) is 6.50. The van der Waals surface area contributed by atoms with Crippen LogP contribution in [-0.4, -0.2) is 27.2 Å². The van der Waals surface area contributed by atoms with Gasteiger partial charge in [-0.2, -0.15) is 0 Å². The van der Waals surface area contributed by atoms with Crippen molar-refractivity contribution < 1.29 is 19.0 Å². The van der Waals surface area contributed by atoms with E-state index < -0.39 is 0 Å². The summed E-state index contributed by atoms with van der Waals surface area (Å²) in [5.74, 6) is 2.21. The third kappa shape index (κ3) is 4.91. The van der Waals surface area contributed by atoms with Crippen molar-refractivity contribution in [1.82, 2.24) is 5.32 Å². The molecule has 0 aliphatic rings. The standard InChI is InChI=1S/C21H27NO4/c1-14(2)12-18(15-6-9-17(24-3)10-7-15)22-21(23)16-8-11-19(25-4)20(13-16)26-5/h6-11,13-14,18H,12H2,1-5H3,(H,22,23)/t18-/m0/s1. The van der Waals surface area contributed by atoms with Gasteiger partial charge in [0.15, 0.2) is 11.5 Å². The first-order valence-corrected chi connectivity index (χ1v) is 8.65. The van der Waals surface area contributed by atoms with E-state index in [1.807, 2.05) is 24.3 Å². The molecular formula is C21H27NO4. The Balaban J connectivity index is 2.22. The number of rotatable bonds is 8. The molecule has 26 heavy (non-hydrogen) atoms. The van der Waals surface area contributed by atoms with E-state index in [1.165, 1.54) is 0 Å². The SMILES string of the molecule is COc1ccc([C@H](CC(C)C)NC(=O)c2ccc(OC)c(OC)c2)cc1. The van der Waals surface area contributed by atoms with E-state index in [1.54, 1.807) is 39.5 Å². The summed E-state index contributed by atoms with van der Waals surface area (Å²) in [5, 5.41) is 3.13. The van der Waals surface area contributed by atoms with Gasteiger partial charge in [0.25, 0.3) is 5.91 Å². The summed E-state index contributed by atoms with van der Waals surface area (Å²) in [5.41, 5.74) is 1.58. The number of benzene rings is 2. The predicted molar refractivity (Wildman–Crippen MR) is 102 cm³/mol. The average molecular weight is 357 g/mol. The molecule has 0 radical (unpaired) electrons. The fraction of sp³-hybridized carbons (Fsp3) is 0.381. The van der Waals surface area contributed by atoms with Gasteiger partial charge in [0.05, 0.1) is 27.4 Å². The molecule has 0 fully saturated rings. The van der Waals surface area contributed by atoms with Gasteiger partial charge < -0.3 is 19.5 Å². The topological polar surface area (TPSA) is 56.8 Å². The molecule has 0 spiro atoms. The van der Waals surface area contributed by atoms with Crippen molar-refractivity contribution in [2.24, 2.45) is 5.92 Å². The second kappa shape index (κ2) is 9.13.